The molecule has 0 aliphatic carbocycles. The third-order valence-electron chi connectivity index (χ3n) is 4.57. The topological polar surface area (TPSA) is 170 Å². The number of carbonyl (C=O) groups is 2. The number of nitrogens with zero attached hydrogens (tertiary/aromatic N) is 2. The van der Waals surface area contributed by atoms with Crippen molar-refractivity contribution < 1.29 is 18.0 Å². The van der Waals surface area contributed by atoms with Gasteiger partial charge in [0.05, 0.1) is 16.3 Å². The van der Waals surface area contributed by atoms with E-state index in [4.69, 9.17) is 11.5 Å². The van der Waals surface area contributed by atoms with Crippen LogP contribution in [0.4, 0.5) is 16.5 Å². The van der Waals surface area contributed by atoms with Gasteiger partial charge in [0, 0.05) is 18.9 Å². The molecular formula is C22H24N6O4S2. The van der Waals surface area contributed by atoms with Crippen LogP contribution in [0.1, 0.15) is 27.9 Å². The molecule has 34 heavy (non-hydrogen) atoms. The number of sulfone groups is 1. The smallest absolute Gasteiger partial charge is 0.267 e. The van der Waals surface area contributed by atoms with Crippen molar-refractivity contribution in [3.8, 4) is 0 Å². The highest BCUT2D eigenvalue weighted by Gasteiger charge is 2.19. The van der Waals surface area contributed by atoms with E-state index in [9.17, 15) is 18.0 Å². The molecular weight excluding hydrogens is 476 g/mol. The summed E-state index contributed by atoms with van der Waals surface area (Å²) in [5.74, 6) is -0.722. The number of hydrogen-bond acceptors (Lipinski definition) is 7. The van der Waals surface area contributed by atoms with Crippen molar-refractivity contribution in [1.82, 2.24) is 4.98 Å². The summed E-state index contributed by atoms with van der Waals surface area (Å²) in [4.78, 5) is 33.4. The molecule has 3 rings (SSSR count). The van der Waals surface area contributed by atoms with E-state index >= 15 is 0 Å². The quantitative estimate of drug-likeness (QED) is 0.272. The molecule has 0 bridgehead atoms. The average molecular weight is 501 g/mol. The Hall–Kier alpha value is -3.77. The first kappa shape index (κ1) is 24.9. The fourth-order valence-corrected chi connectivity index (χ4v) is 4.61. The molecule has 6 N–H and O–H groups in total. The largest absolute Gasteiger partial charge is 0.370 e. The fourth-order valence-electron chi connectivity index (χ4n) is 3.02. The lowest BCUT2D eigenvalue weighted by Crippen LogP contribution is -2.21. The molecule has 10 nitrogen and oxygen atoms in total. The molecule has 0 aliphatic heterocycles. The number of thiazole rings is 1. The molecule has 0 saturated heterocycles. The number of aromatic nitrogens is 1. The van der Waals surface area contributed by atoms with Gasteiger partial charge in [-0.15, -0.1) is 0 Å². The maximum atomic E-state index is 13.0. The number of rotatable bonds is 8. The van der Waals surface area contributed by atoms with Gasteiger partial charge in [-0.2, -0.15) is 0 Å². The van der Waals surface area contributed by atoms with E-state index in [0.29, 0.717) is 39.9 Å². The lowest BCUT2D eigenvalue weighted by Gasteiger charge is -2.07. The van der Waals surface area contributed by atoms with E-state index < -0.39 is 15.7 Å². The lowest BCUT2D eigenvalue weighted by molar-refractivity contribution is -0.114. The number of benzene rings is 2. The van der Waals surface area contributed by atoms with Gasteiger partial charge >= 0.3 is 0 Å². The van der Waals surface area contributed by atoms with Gasteiger partial charge in [-0.25, -0.2) is 18.4 Å². The predicted octanol–water partition coefficient (Wildman–Crippen LogP) is 2.45. The zero-order valence-corrected chi connectivity index (χ0v) is 20.2. The summed E-state index contributed by atoms with van der Waals surface area (Å²) in [6, 6.07) is 13.2. The van der Waals surface area contributed by atoms with Gasteiger partial charge in [0.1, 0.15) is 4.88 Å². The Labute approximate surface area is 201 Å². The fraction of sp³-hybridized carbons (Fsp3) is 0.182. The van der Waals surface area contributed by atoms with Crippen LogP contribution >= 0.6 is 11.3 Å². The maximum absolute atomic E-state index is 13.0. The number of aliphatic imine (C=N–C) groups is 1. The van der Waals surface area contributed by atoms with Gasteiger partial charge in [0.15, 0.2) is 20.9 Å². The molecule has 3 aromatic rings. The number of aryl methyl sites for hydroxylation is 2. The van der Waals surface area contributed by atoms with Crippen LogP contribution < -0.4 is 22.1 Å². The van der Waals surface area contributed by atoms with E-state index in [1.54, 1.807) is 12.1 Å². The SMILES string of the molecule is CC(=O)Nc1nc(CCc2ccc(N=C(N)N)cc2)c(C(=O)Nc2ccc(S(C)(=O)=O)cc2)s1. The number of carbonyl (C=O) groups excluding carboxylic acids is 2. The van der Waals surface area contributed by atoms with Crippen LogP contribution in [-0.4, -0.2) is 37.4 Å². The van der Waals surface area contributed by atoms with E-state index in [0.717, 1.165) is 23.2 Å². The molecule has 0 saturated carbocycles. The summed E-state index contributed by atoms with van der Waals surface area (Å²) < 4.78 is 23.3. The molecule has 0 fully saturated rings. The van der Waals surface area contributed by atoms with Gasteiger partial charge in [-0.1, -0.05) is 23.5 Å². The number of amides is 2. The summed E-state index contributed by atoms with van der Waals surface area (Å²) in [5.41, 5.74) is 13.4. The molecule has 1 aromatic heterocycles. The third kappa shape index (κ3) is 6.86. The molecule has 0 unspecified atom stereocenters. The Morgan fingerprint density at radius 3 is 2.21 bits per heavy atom. The molecule has 12 heteroatoms. The Morgan fingerprint density at radius 1 is 1.00 bits per heavy atom. The Bertz CT molecular complexity index is 1330. The minimum atomic E-state index is -3.34. The molecule has 0 spiro atoms. The monoisotopic (exact) mass is 500 g/mol. The van der Waals surface area contributed by atoms with Crippen molar-refractivity contribution in [2.75, 3.05) is 16.9 Å². The van der Waals surface area contributed by atoms with E-state index in [1.807, 2.05) is 12.1 Å². The predicted molar refractivity (Wildman–Crippen MR) is 133 cm³/mol. The summed E-state index contributed by atoms with van der Waals surface area (Å²) in [5, 5.41) is 5.69. The van der Waals surface area contributed by atoms with Crippen LogP contribution in [0, 0.1) is 0 Å². The molecule has 0 radical (unpaired) electrons. The van der Waals surface area contributed by atoms with Crippen LogP contribution in [0.3, 0.4) is 0 Å². The number of nitrogens with two attached hydrogens (primary N) is 2. The van der Waals surface area contributed by atoms with Crippen molar-refractivity contribution >= 4 is 55.5 Å². The standard InChI is InChI=1S/C22H24N6O4S2/c1-13(29)25-22-28-18(12-5-14-3-6-16(7-4-14)27-21(23)24)19(33-22)20(30)26-15-8-10-17(11-9-15)34(2,31)32/h3-4,6-11H,5,12H2,1-2H3,(H,26,30)(H4,23,24,27)(H,25,28,29). The Balaban J connectivity index is 1.78. The van der Waals surface area contributed by atoms with E-state index in [2.05, 4.69) is 20.6 Å². The summed E-state index contributed by atoms with van der Waals surface area (Å²) in [6.07, 6.45) is 2.16. The normalized spacial score (nSPS) is 11.0. The van der Waals surface area contributed by atoms with Crippen molar-refractivity contribution in [2.45, 2.75) is 24.7 Å². The zero-order chi connectivity index (χ0) is 24.9. The van der Waals surface area contributed by atoms with Crippen molar-refractivity contribution in [3.05, 3.63) is 64.7 Å². The number of hydrogen-bond donors (Lipinski definition) is 4. The summed E-state index contributed by atoms with van der Waals surface area (Å²) in [6.45, 7) is 1.36. The van der Waals surface area contributed by atoms with Gasteiger partial charge < -0.3 is 22.1 Å². The van der Waals surface area contributed by atoms with Gasteiger partial charge in [-0.3, -0.25) is 9.59 Å². The number of anilines is 2. The minimum absolute atomic E-state index is 0.0256. The highest BCUT2D eigenvalue weighted by molar-refractivity contribution is 7.90. The molecule has 178 valence electrons. The third-order valence-corrected chi connectivity index (χ3v) is 6.71. The van der Waals surface area contributed by atoms with E-state index in [1.165, 1.54) is 31.2 Å². The van der Waals surface area contributed by atoms with Crippen LogP contribution in [0.15, 0.2) is 58.4 Å². The first-order valence-corrected chi connectivity index (χ1v) is 12.8. The second kappa shape index (κ2) is 10.4. The lowest BCUT2D eigenvalue weighted by atomic mass is 10.1. The molecule has 0 atom stereocenters. The van der Waals surface area contributed by atoms with Crippen LogP contribution in [0.2, 0.25) is 0 Å². The van der Waals surface area contributed by atoms with Crippen LogP contribution in [0.25, 0.3) is 0 Å². The number of guanidine groups is 1. The van der Waals surface area contributed by atoms with Crippen molar-refractivity contribution in [2.24, 2.45) is 16.5 Å². The first-order valence-electron chi connectivity index (χ1n) is 10.1. The first-order chi connectivity index (χ1) is 16.0. The second-order valence-electron chi connectivity index (χ2n) is 7.43. The average Bonchev–Trinajstić information content (AvgIpc) is 3.14. The van der Waals surface area contributed by atoms with Crippen molar-refractivity contribution in [1.29, 1.82) is 0 Å². The Morgan fingerprint density at radius 2 is 1.65 bits per heavy atom. The highest BCUT2D eigenvalue weighted by Crippen LogP contribution is 2.26. The highest BCUT2D eigenvalue weighted by atomic mass is 32.2. The van der Waals surface area contributed by atoms with Gasteiger partial charge in [0.25, 0.3) is 5.91 Å². The van der Waals surface area contributed by atoms with E-state index in [-0.39, 0.29) is 16.8 Å². The van der Waals surface area contributed by atoms with Crippen LogP contribution in [0.5, 0.6) is 0 Å². The Kier molecular flexibility index (Phi) is 7.64. The van der Waals surface area contributed by atoms with Gasteiger partial charge in [-0.05, 0) is 54.8 Å². The minimum Gasteiger partial charge on any atom is -0.370 e. The molecule has 0 aliphatic rings. The van der Waals surface area contributed by atoms with Gasteiger partial charge in [0.2, 0.25) is 5.91 Å². The molecule has 2 amide bonds. The molecule has 2 aromatic carbocycles. The van der Waals surface area contributed by atoms with Crippen LogP contribution in [-0.2, 0) is 27.5 Å². The molecule has 1 heterocycles. The number of nitrogens with one attached hydrogen (secondary N) is 2. The van der Waals surface area contributed by atoms with Crippen molar-refractivity contribution in [3.63, 3.8) is 0 Å². The maximum Gasteiger partial charge on any atom is 0.267 e. The summed E-state index contributed by atoms with van der Waals surface area (Å²) >= 11 is 1.07. The zero-order valence-electron chi connectivity index (χ0n) is 18.5. The summed E-state index contributed by atoms with van der Waals surface area (Å²) in [7, 11) is -3.34. The second-order valence-corrected chi connectivity index (χ2v) is 10.4.